The van der Waals surface area contributed by atoms with Gasteiger partial charge in [-0.25, -0.2) is 0 Å². The summed E-state index contributed by atoms with van der Waals surface area (Å²) in [6.07, 6.45) is 2.32. The summed E-state index contributed by atoms with van der Waals surface area (Å²) in [6.45, 7) is 1.98. The van der Waals surface area contributed by atoms with E-state index >= 15 is 0 Å². The lowest BCUT2D eigenvalue weighted by Crippen LogP contribution is -2.13. The molecular formula is C16H16NO. The molecule has 0 heterocycles. The molecule has 0 spiro atoms. The quantitative estimate of drug-likeness (QED) is 0.869. The van der Waals surface area contributed by atoms with E-state index in [-0.39, 0.29) is 5.91 Å². The first-order valence-corrected chi connectivity index (χ1v) is 5.99. The zero-order valence-electron chi connectivity index (χ0n) is 10.4. The summed E-state index contributed by atoms with van der Waals surface area (Å²) in [7, 11) is 0. The maximum atomic E-state index is 11.8. The molecule has 0 aliphatic carbocycles. The maximum Gasteiger partial charge on any atom is 0.228 e. The second-order valence-corrected chi connectivity index (χ2v) is 4.20. The van der Waals surface area contributed by atoms with E-state index in [2.05, 4.69) is 5.32 Å². The van der Waals surface area contributed by atoms with Crippen molar-refractivity contribution in [3.8, 4) is 0 Å². The van der Waals surface area contributed by atoms with E-state index in [1.165, 1.54) is 0 Å². The van der Waals surface area contributed by atoms with Gasteiger partial charge < -0.3 is 5.32 Å². The Morgan fingerprint density at radius 3 is 2.44 bits per heavy atom. The first-order chi connectivity index (χ1) is 8.75. The van der Waals surface area contributed by atoms with Gasteiger partial charge in [0.1, 0.15) is 0 Å². The fourth-order valence-corrected chi connectivity index (χ4v) is 1.72. The molecule has 0 aromatic heterocycles. The van der Waals surface area contributed by atoms with E-state index in [9.17, 15) is 4.79 Å². The predicted octanol–water partition coefficient (Wildman–Crippen LogP) is 3.38. The number of anilines is 1. The summed E-state index contributed by atoms with van der Waals surface area (Å²) >= 11 is 0. The van der Waals surface area contributed by atoms with Crippen molar-refractivity contribution in [1.29, 1.82) is 0 Å². The predicted molar refractivity (Wildman–Crippen MR) is 74.3 cm³/mol. The SMILES string of the molecule is Cc1ccccc1NC(=O)[CH]Cc1ccccc1. The van der Waals surface area contributed by atoms with Gasteiger partial charge in [-0.15, -0.1) is 0 Å². The average molecular weight is 238 g/mol. The van der Waals surface area contributed by atoms with E-state index in [0.29, 0.717) is 6.42 Å². The largest absolute Gasteiger partial charge is 0.326 e. The molecule has 0 saturated carbocycles. The Morgan fingerprint density at radius 2 is 1.72 bits per heavy atom. The lowest BCUT2D eigenvalue weighted by molar-refractivity contribution is -0.113. The molecule has 2 aromatic carbocycles. The lowest BCUT2D eigenvalue weighted by atomic mass is 10.1. The number of benzene rings is 2. The molecule has 0 saturated heterocycles. The molecule has 2 rings (SSSR count). The lowest BCUT2D eigenvalue weighted by Gasteiger charge is -2.07. The summed E-state index contributed by atoms with van der Waals surface area (Å²) < 4.78 is 0. The minimum Gasteiger partial charge on any atom is -0.326 e. The van der Waals surface area contributed by atoms with Crippen molar-refractivity contribution in [3.05, 3.63) is 72.1 Å². The molecule has 0 fully saturated rings. The normalized spacial score (nSPS) is 10.1. The maximum absolute atomic E-state index is 11.8. The van der Waals surface area contributed by atoms with E-state index < -0.39 is 0 Å². The molecule has 2 heteroatoms. The topological polar surface area (TPSA) is 29.1 Å². The summed E-state index contributed by atoms with van der Waals surface area (Å²) in [4.78, 5) is 11.8. The number of aryl methyl sites for hydroxylation is 1. The Bertz CT molecular complexity index is 520. The fourth-order valence-electron chi connectivity index (χ4n) is 1.72. The molecule has 0 unspecified atom stereocenters. The van der Waals surface area contributed by atoms with Crippen molar-refractivity contribution in [1.82, 2.24) is 0 Å². The molecule has 91 valence electrons. The first kappa shape index (κ1) is 12.4. The second-order valence-electron chi connectivity index (χ2n) is 4.20. The average Bonchev–Trinajstić information content (AvgIpc) is 2.40. The van der Waals surface area contributed by atoms with Crippen LogP contribution in [0.25, 0.3) is 0 Å². The second kappa shape index (κ2) is 6.01. The minimum atomic E-state index is -0.0619. The van der Waals surface area contributed by atoms with Gasteiger partial charge in [0, 0.05) is 5.69 Å². The molecule has 1 N–H and O–H groups in total. The molecule has 0 atom stereocenters. The highest BCUT2D eigenvalue weighted by molar-refractivity contribution is 5.97. The Kier molecular flexibility index (Phi) is 4.13. The summed E-state index contributed by atoms with van der Waals surface area (Å²) in [6, 6.07) is 17.7. The van der Waals surface area contributed by atoms with Crippen LogP contribution in [0.5, 0.6) is 0 Å². The fraction of sp³-hybridized carbons (Fsp3) is 0.125. The molecular weight excluding hydrogens is 222 g/mol. The van der Waals surface area contributed by atoms with Crippen molar-refractivity contribution in [2.45, 2.75) is 13.3 Å². The van der Waals surface area contributed by atoms with Crippen LogP contribution >= 0.6 is 0 Å². The van der Waals surface area contributed by atoms with Gasteiger partial charge in [-0.05, 0) is 30.5 Å². The number of para-hydroxylation sites is 1. The van der Waals surface area contributed by atoms with Gasteiger partial charge in [-0.3, -0.25) is 4.79 Å². The van der Waals surface area contributed by atoms with Crippen LogP contribution in [0.1, 0.15) is 11.1 Å². The van der Waals surface area contributed by atoms with Gasteiger partial charge in [0.25, 0.3) is 0 Å². The Balaban J connectivity index is 1.88. The molecule has 2 aromatic rings. The van der Waals surface area contributed by atoms with Gasteiger partial charge in [0.2, 0.25) is 5.91 Å². The van der Waals surface area contributed by atoms with Crippen molar-refractivity contribution in [2.24, 2.45) is 0 Å². The van der Waals surface area contributed by atoms with Gasteiger partial charge in [0.05, 0.1) is 6.42 Å². The van der Waals surface area contributed by atoms with Crippen molar-refractivity contribution >= 4 is 11.6 Å². The van der Waals surface area contributed by atoms with Crippen LogP contribution in [-0.4, -0.2) is 5.91 Å². The van der Waals surface area contributed by atoms with Crippen LogP contribution < -0.4 is 5.32 Å². The molecule has 0 aliphatic rings. The number of amides is 1. The third kappa shape index (κ3) is 3.45. The van der Waals surface area contributed by atoms with Crippen molar-refractivity contribution in [2.75, 3.05) is 5.32 Å². The van der Waals surface area contributed by atoms with Crippen LogP contribution in [0.15, 0.2) is 54.6 Å². The standard InChI is InChI=1S/C16H16NO/c1-13-7-5-6-10-15(13)17-16(18)12-11-14-8-3-2-4-9-14/h2-10,12H,11H2,1H3,(H,17,18). The van der Waals surface area contributed by atoms with Crippen LogP contribution in [0.3, 0.4) is 0 Å². The van der Waals surface area contributed by atoms with Crippen LogP contribution in [-0.2, 0) is 11.2 Å². The smallest absolute Gasteiger partial charge is 0.228 e. The number of carbonyl (C=O) groups excluding carboxylic acids is 1. The third-order valence-electron chi connectivity index (χ3n) is 2.77. The Hall–Kier alpha value is -2.09. The molecule has 0 aliphatic heterocycles. The molecule has 1 amide bonds. The number of nitrogens with one attached hydrogen (secondary N) is 1. The van der Waals surface area contributed by atoms with Gasteiger partial charge in [-0.1, -0.05) is 48.5 Å². The van der Waals surface area contributed by atoms with E-state index in [1.807, 2.05) is 61.5 Å². The van der Waals surface area contributed by atoms with Crippen LogP contribution in [0, 0.1) is 13.3 Å². The zero-order valence-corrected chi connectivity index (χ0v) is 10.4. The Labute approximate surface area is 108 Å². The zero-order chi connectivity index (χ0) is 12.8. The summed E-state index contributed by atoms with van der Waals surface area (Å²) in [5.41, 5.74) is 3.07. The van der Waals surface area contributed by atoms with Gasteiger partial charge in [-0.2, -0.15) is 0 Å². The van der Waals surface area contributed by atoms with Crippen molar-refractivity contribution < 1.29 is 4.79 Å². The van der Waals surface area contributed by atoms with Gasteiger partial charge in [0.15, 0.2) is 0 Å². The highest BCUT2D eigenvalue weighted by Gasteiger charge is 2.04. The monoisotopic (exact) mass is 238 g/mol. The molecule has 2 nitrogen and oxygen atoms in total. The number of rotatable bonds is 4. The van der Waals surface area contributed by atoms with Crippen LogP contribution in [0.2, 0.25) is 0 Å². The number of carbonyl (C=O) groups is 1. The first-order valence-electron chi connectivity index (χ1n) is 5.99. The molecule has 18 heavy (non-hydrogen) atoms. The number of hydrogen-bond donors (Lipinski definition) is 1. The molecule has 0 bridgehead atoms. The summed E-state index contributed by atoms with van der Waals surface area (Å²) in [5.74, 6) is -0.0619. The van der Waals surface area contributed by atoms with E-state index in [4.69, 9.17) is 0 Å². The minimum absolute atomic E-state index is 0.0619. The van der Waals surface area contributed by atoms with E-state index in [1.54, 1.807) is 6.42 Å². The Morgan fingerprint density at radius 1 is 1.06 bits per heavy atom. The van der Waals surface area contributed by atoms with Crippen molar-refractivity contribution in [3.63, 3.8) is 0 Å². The third-order valence-corrected chi connectivity index (χ3v) is 2.77. The van der Waals surface area contributed by atoms with E-state index in [0.717, 1.165) is 16.8 Å². The van der Waals surface area contributed by atoms with Crippen LogP contribution in [0.4, 0.5) is 5.69 Å². The highest BCUT2D eigenvalue weighted by Crippen LogP contribution is 2.13. The van der Waals surface area contributed by atoms with Gasteiger partial charge >= 0.3 is 0 Å². The highest BCUT2D eigenvalue weighted by atomic mass is 16.1. The summed E-state index contributed by atoms with van der Waals surface area (Å²) in [5, 5.41) is 2.89. The molecule has 1 radical (unpaired) electrons. The number of hydrogen-bond acceptors (Lipinski definition) is 1.